The van der Waals surface area contributed by atoms with Crippen molar-refractivity contribution in [3.8, 4) is 11.5 Å². The largest absolute Gasteiger partial charge is 0.493 e. The molecule has 1 atom stereocenters. The molecule has 0 heterocycles. The third kappa shape index (κ3) is 5.20. The molecule has 9 heteroatoms. The first-order valence-electron chi connectivity index (χ1n) is 9.54. The van der Waals surface area contributed by atoms with Crippen molar-refractivity contribution in [2.75, 3.05) is 33.9 Å². The second-order valence-electron chi connectivity index (χ2n) is 6.45. The summed E-state index contributed by atoms with van der Waals surface area (Å²) in [5, 5.41) is 14.9. The molecular formula is C21H26ClN3O5. The SMILES string of the molecule is CCN(CC)C(CNC(=O)c1cc(OC)c(OC)cc1[N+](=O)[O-])c1ccccc1Cl. The van der Waals surface area contributed by atoms with Gasteiger partial charge in [-0.3, -0.25) is 19.8 Å². The van der Waals surface area contributed by atoms with Crippen LogP contribution in [0, 0.1) is 10.1 Å². The third-order valence-corrected chi connectivity index (χ3v) is 5.26. The molecule has 0 aliphatic rings. The maximum Gasteiger partial charge on any atom is 0.286 e. The molecule has 2 aromatic rings. The summed E-state index contributed by atoms with van der Waals surface area (Å²) in [6, 6.07) is 9.76. The van der Waals surface area contributed by atoms with Gasteiger partial charge in [-0.05, 0) is 24.7 Å². The number of nitro benzene ring substituents is 1. The predicted molar refractivity (Wildman–Crippen MR) is 116 cm³/mol. The van der Waals surface area contributed by atoms with Crippen LogP contribution in [0.2, 0.25) is 5.02 Å². The minimum absolute atomic E-state index is 0.102. The summed E-state index contributed by atoms with van der Waals surface area (Å²) in [5.74, 6) is -0.163. The first-order valence-corrected chi connectivity index (χ1v) is 9.92. The summed E-state index contributed by atoms with van der Waals surface area (Å²) in [4.78, 5) is 25.9. The van der Waals surface area contributed by atoms with Crippen LogP contribution in [0.4, 0.5) is 5.69 Å². The Bertz CT molecular complexity index is 902. The zero-order valence-electron chi connectivity index (χ0n) is 17.5. The Hall–Kier alpha value is -2.84. The molecule has 8 nitrogen and oxygen atoms in total. The summed E-state index contributed by atoms with van der Waals surface area (Å²) in [6.45, 7) is 5.77. The smallest absolute Gasteiger partial charge is 0.286 e. The zero-order valence-corrected chi connectivity index (χ0v) is 18.2. The Kier molecular flexibility index (Phi) is 8.44. The van der Waals surface area contributed by atoms with E-state index in [4.69, 9.17) is 21.1 Å². The maximum atomic E-state index is 12.9. The molecule has 1 unspecified atom stereocenters. The van der Waals surface area contributed by atoms with Gasteiger partial charge in [0, 0.05) is 17.6 Å². The van der Waals surface area contributed by atoms with E-state index >= 15 is 0 Å². The van der Waals surface area contributed by atoms with Crippen LogP contribution in [-0.4, -0.2) is 49.6 Å². The van der Waals surface area contributed by atoms with Crippen molar-refractivity contribution in [3.63, 3.8) is 0 Å². The number of rotatable bonds is 10. The van der Waals surface area contributed by atoms with E-state index in [9.17, 15) is 14.9 Å². The average molecular weight is 436 g/mol. The molecule has 0 aliphatic carbocycles. The average Bonchev–Trinajstić information content (AvgIpc) is 2.75. The van der Waals surface area contributed by atoms with Gasteiger partial charge >= 0.3 is 0 Å². The molecule has 162 valence electrons. The summed E-state index contributed by atoms with van der Waals surface area (Å²) in [5.41, 5.74) is 0.419. The highest BCUT2D eigenvalue weighted by molar-refractivity contribution is 6.31. The number of halogens is 1. The second kappa shape index (κ2) is 10.8. The fourth-order valence-electron chi connectivity index (χ4n) is 3.33. The maximum absolute atomic E-state index is 12.9. The van der Waals surface area contributed by atoms with Crippen molar-refractivity contribution in [2.24, 2.45) is 0 Å². The lowest BCUT2D eigenvalue weighted by Gasteiger charge is -2.31. The number of ether oxygens (including phenoxy) is 2. The Balaban J connectivity index is 2.35. The number of carbonyl (C=O) groups is 1. The molecule has 0 aliphatic heterocycles. The van der Waals surface area contributed by atoms with Crippen LogP contribution in [0.3, 0.4) is 0 Å². The highest BCUT2D eigenvalue weighted by Gasteiger charge is 2.26. The summed E-state index contributed by atoms with van der Waals surface area (Å²) in [6.07, 6.45) is 0. The van der Waals surface area contributed by atoms with Gasteiger partial charge in [0.1, 0.15) is 5.56 Å². The molecule has 0 radical (unpaired) electrons. The lowest BCUT2D eigenvalue weighted by atomic mass is 10.0. The summed E-state index contributed by atoms with van der Waals surface area (Å²) < 4.78 is 10.3. The van der Waals surface area contributed by atoms with E-state index in [0.717, 1.165) is 18.7 Å². The van der Waals surface area contributed by atoms with E-state index in [0.29, 0.717) is 5.02 Å². The lowest BCUT2D eigenvalue weighted by molar-refractivity contribution is -0.385. The Morgan fingerprint density at radius 2 is 1.77 bits per heavy atom. The van der Waals surface area contributed by atoms with E-state index in [1.165, 1.54) is 26.4 Å². The van der Waals surface area contributed by atoms with E-state index in [-0.39, 0.29) is 35.3 Å². The molecule has 0 spiro atoms. The van der Waals surface area contributed by atoms with Gasteiger partial charge < -0.3 is 14.8 Å². The number of nitrogens with one attached hydrogen (secondary N) is 1. The number of nitro groups is 1. The lowest BCUT2D eigenvalue weighted by Crippen LogP contribution is -2.38. The fourth-order valence-corrected chi connectivity index (χ4v) is 3.59. The highest BCUT2D eigenvalue weighted by atomic mass is 35.5. The molecule has 0 saturated heterocycles. The van der Waals surface area contributed by atoms with Crippen LogP contribution in [0.5, 0.6) is 11.5 Å². The minimum Gasteiger partial charge on any atom is -0.493 e. The molecule has 0 fully saturated rings. The van der Waals surface area contributed by atoms with Crippen molar-refractivity contribution in [1.82, 2.24) is 10.2 Å². The second-order valence-corrected chi connectivity index (χ2v) is 6.86. The molecular weight excluding hydrogens is 410 g/mol. The number of hydrogen-bond donors (Lipinski definition) is 1. The predicted octanol–water partition coefficient (Wildman–Crippen LogP) is 4.08. The molecule has 0 aromatic heterocycles. The number of hydrogen-bond acceptors (Lipinski definition) is 6. The van der Waals surface area contributed by atoms with Crippen LogP contribution < -0.4 is 14.8 Å². The number of benzene rings is 2. The van der Waals surface area contributed by atoms with E-state index in [2.05, 4.69) is 10.2 Å². The monoisotopic (exact) mass is 435 g/mol. The Labute approximate surface area is 180 Å². The van der Waals surface area contributed by atoms with Gasteiger partial charge in [0.25, 0.3) is 11.6 Å². The molecule has 1 amide bonds. The van der Waals surface area contributed by atoms with Gasteiger partial charge in [-0.25, -0.2) is 0 Å². The first-order chi connectivity index (χ1) is 14.4. The molecule has 30 heavy (non-hydrogen) atoms. The number of amides is 1. The summed E-state index contributed by atoms with van der Waals surface area (Å²) in [7, 11) is 2.78. The topological polar surface area (TPSA) is 93.9 Å². The van der Waals surface area contributed by atoms with Crippen LogP contribution in [0.1, 0.15) is 35.8 Å². The van der Waals surface area contributed by atoms with Crippen LogP contribution in [0.25, 0.3) is 0 Å². The minimum atomic E-state index is -0.618. The van der Waals surface area contributed by atoms with Gasteiger partial charge in [-0.1, -0.05) is 43.6 Å². The first kappa shape index (κ1) is 23.4. The van der Waals surface area contributed by atoms with Crippen LogP contribution in [0.15, 0.2) is 36.4 Å². The van der Waals surface area contributed by atoms with E-state index < -0.39 is 10.8 Å². The van der Waals surface area contributed by atoms with Crippen molar-refractivity contribution < 1.29 is 19.2 Å². The fraction of sp³-hybridized carbons (Fsp3) is 0.381. The molecule has 0 saturated carbocycles. The number of carbonyl (C=O) groups excluding carboxylic acids is 1. The van der Waals surface area contributed by atoms with Crippen molar-refractivity contribution in [1.29, 1.82) is 0 Å². The molecule has 1 N–H and O–H groups in total. The van der Waals surface area contributed by atoms with Gasteiger partial charge in [0.05, 0.1) is 31.3 Å². The van der Waals surface area contributed by atoms with Crippen molar-refractivity contribution in [3.05, 3.63) is 62.7 Å². The number of methoxy groups -OCH3 is 2. The Morgan fingerprint density at radius 3 is 2.30 bits per heavy atom. The molecule has 0 bridgehead atoms. The number of likely N-dealkylation sites (N-methyl/N-ethyl adjacent to an activating group) is 1. The quantitative estimate of drug-likeness (QED) is 0.446. The van der Waals surface area contributed by atoms with Crippen molar-refractivity contribution in [2.45, 2.75) is 19.9 Å². The van der Waals surface area contributed by atoms with E-state index in [1.54, 1.807) is 6.07 Å². The van der Waals surface area contributed by atoms with E-state index in [1.807, 2.05) is 32.0 Å². The molecule has 2 rings (SSSR count). The molecule has 2 aromatic carbocycles. The zero-order chi connectivity index (χ0) is 22.3. The van der Waals surface area contributed by atoms with Crippen LogP contribution >= 0.6 is 11.6 Å². The Morgan fingerprint density at radius 1 is 1.17 bits per heavy atom. The highest BCUT2D eigenvalue weighted by Crippen LogP contribution is 2.34. The van der Waals surface area contributed by atoms with Gasteiger partial charge in [-0.15, -0.1) is 0 Å². The standard InChI is InChI=1S/C21H26ClN3O5/c1-5-24(6-2)18(14-9-7-8-10-16(14)22)13-23-21(26)15-11-19(29-3)20(30-4)12-17(15)25(27)28/h7-12,18H,5-6,13H2,1-4H3,(H,23,26). The normalized spacial score (nSPS) is 11.8. The number of nitrogens with zero attached hydrogens (tertiary/aromatic N) is 2. The van der Waals surface area contributed by atoms with Gasteiger partial charge in [0.15, 0.2) is 11.5 Å². The van der Waals surface area contributed by atoms with Crippen LogP contribution in [-0.2, 0) is 0 Å². The van der Waals surface area contributed by atoms with Gasteiger partial charge in [0.2, 0.25) is 0 Å². The van der Waals surface area contributed by atoms with Gasteiger partial charge in [-0.2, -0.15) is 0 Å². The third-order valence-electron chi connectivity index (χ3n) is 4.92. The van der Waals surface area contributed by atoms with Crippen molar-refractivity contribution >= 4 is 23.2 Å². The summed E-state index contributed by atoms with van der Waals surface area (Å²) >= 11 is 6.39.